The molecule has 0 amide bonds. The molecule has 1 aliphatic rings. The van der Waals surface area contributed by atoms with Crippen LogP contribution in [0.4, 0.5) is 0 Å². The maximum absolute atomic E-state index is 13.2. The van der Waals surface area contributed by atoms with Gasteiger partial charge in [-0.25, -0.2) is 4.98 Å². The van der Waals surface area contributed by atoms with E-state index in [0.29, 0.717) is 27.2 Å². The summed E-state index contributed by atoms with van der Waals surface area (Å²) in [6.45, 7) is 0. The van der Waals surface area contributed by atoms with Gasteiger partial charge >= 0.3 is 0 Å². The molecule has 5 nitrogen and oxygen atoms in total. The van der Waals surface area contributed by atoms with Crippen molar-refractivity contribution in [3.63, 3.8) is 0 Å². The van der Waals surface area contributed by atoms with Gasteiger partial charge < -0.3 is 4.74 Å². The minimum atomic E-state index is -0.160. The molecule has 1 heterocycles. The molecular formula is C22H21BrClN3O2. The lowest BCUT2D eigenvalue weighted by Gasteiger charge is -2.22. The fourth-order valence-electron chi connectivity index (χ4n) is 3.89. The van der Waals surface area contributed by atoms with Gasteiger partial charge in [-0.1, -0.05) is 43.0 Å². The number of hydrogen-bond donors (Lipinski definition) is 0. The van der Waals surface area contributed by atoms with Gasteiger partial charge in [0.1, 0.15) is 11.6 Å². The number of rotatable bonds is 4. The van der Waals surface area contributed by atoms with Crippen LogP contribution < -0.4 is 10.3 Å². The lowest BCUT2D eigenvalue weighted by atomic mass is 9.88. The van der Waals surface area contributed by atoms with Crippen LogP contribution in [0.25, 0.3) is 10.9 Å². The highest BCUT2D eigenvalue weighted by molar-refractivity contribution is 9.10. The molecule has 1 aromatic heterocycles. The van der Waals surface area contributed by atoms with E-state index in [0.717, 1.165) is 36.0 Å². The predicted molar refractivity (Wildman–Crippen MR) is 121 cm³/mol. The van der Waals surface area contributed by atoms with Crippen LogP contribution in [-0.4, -0.2) is 23.0 Å². The second-order valence-corrected chi connectivity index (χ2v) is 8.48. The summed E-state index contributed by atoms with van der Waals surface area (Å²) in [5.41, 5.74) is 1.24. The van der Waals surface area contributed by atoms with Gasteiger partial charge in [-0.3, -0.25) is 4.79 Å². The first kappa shape index (κ1) is 20.1. The zero-order valence-corrected chi connectivity index (χ0v) is 18.4. The molecule has 150 valence electrons. The Bertz CT molecular complexity index is 1140. The smallest absolute Gasteiger partial charge is 0.282 e. The first-order valence-electron chi connectivity index (χ1n) is 9.67. The Morgan fingerprint density at radius 3 is 2.76 bits per heavy atom. The number of benzene rings is 2. The molecule has 2 aromatic carbocycles. The van der Waals surface area contributed by atoms with Gasteiger partial charge in [0.25, 0.3) is 5.56 Å². The zero-order valence-electron chi connectivity index (χ0n) is 16.1. The summed E-state index contributed by atoms with van der Waals surface area (Å²) in [6, 6.07) is 10.9. The largest absolute Gasteiger partial charge is 0.495 e. The van der Waals surface area contributed by atoms with Gasteiger partial charge in [-0.05, 0) is 53.0 Å². The fourth-order valence-corrected chi connectivity index (χ4v) is 4.88. The Balaban J connectivity index is 1.87. The Kier molecular flexibility index (Phi) is 6.01. The highest BCUT2D eigenvalue weighted by Gasteiger charge is 2.22. The van der Waals surface area contributed by atoms with E-state index in [1.165, 1.54) is 11.1 Å². The normalized spacial score (nSPS) is 15.3. The van der Waals surface area contributed by atoms with Crippen molar-refractivity contribution in [2.24, 2.45) is 5.10 Å². The van der Waals surface area contributed by atoms with Crippen molar-refractivity contribution in [1.29, 1.82) is 0 Å². The second-order valence-electron chi connectivity index (χ2n) is 7.19. The van der Waals surface area contributed by atoms with Gasteiger partial charge in [0.2, 0.25) is 0 Å². The van der Waals surface area contributed by atoms with E-state index >= 15 is 0 Å². The third-order valence-corrected chi connectivity index (χ3v) is 6.11. The van der Waals surface area contributed by atoms with Crippen LogP contribution in [0, 0.1) is 0 Å². The molecule has 1 fully saturated rings. The molecule has 0 atom stereocenters. The van der Waals surface area contributed by atoms with Crippen LogP contribution in [0.15, 0.2) is 50.8 Å². The molecule has 29 heavy (non-hydrogen) atoms. The molecule has 0 unspecified atom stereocenters. The van der Waals surface area contributed by atoms with Crippen molar-refractivity contribution in [3.8, 4) is 5.75 Å². The lowest BCUT2D eigenvalue weighted by molar-refractivity contribution is 0.411. The summed E-state index contributed by atoms with van der Waals surface area (Å²) in [6.07, 6.45) is 7.17. The Labute approximate surface area is 182 Å². The van der Waals surface area contributed by atoms with Gasteiger partial charge in [0, 0.05) is 16.5 Å². The first-order valence-corrected chi connectivity index (χ1v) is 10.8. The number of aromatic nitrogens is 2. The average Bonchev–Trinajstić information content (AvgIpc) is 2.73. The number of nitrogens with zero attached hydrogens (tertiary/aromatic N) is 3. The van der Waals surface area contributed by atoms with E-state index in [9.17, 15) is 4.79 Å². The lowest BCUT2D eigenvalue weighted by Crippen LogP contribution is -2.25. The minimum Gasteiger partial charge on any atom is -0.495 e. The molecule has 4 rings (SSSR count). The van der Waals surface area contributed by atoms with E-state index in [1.54, 1.807) is 31.5 Å². The monoisotopic (exact) mass is 473 g/mol. The average molecular weight is 475 g/mol. The summed E-state index contributed by atoms with van der Waals surface area (Å²) in [7, 11) is 1.59. The van der Waals surface area contributed by atoms with Crippen LogP contribution in [0.1, 0.15) is 49.4 Å². The number of hydrogen-bond acceptors (Lipinski definition) is 4. The summed E-state index contributed by atoms with van der Waals surface area (Å²) >= 11 is 9.65. The second kappa shape index (κ2) is 8.67. The summed E-state index contributed by atoms with van der Waals surface area (Å²) in [4.78, 5) is 18.1. The van der Waals surface area contributed by atoms with Gasteiger partial charge in [-0.2, -0.15) is 9.78 Å². The van der Waals surface area contributed by atoms with Crippen LogP contribution in [0.2, 0.25) is 5.02 Å². The van der Waals surface area contributed by atoms with E-state index in [2.05, 4.69) is 21.0 Å². The van der Waals surface area contributed by atoms with Crippen LogP contribution in [0.3, 0.4) is 0 Å². The minimum absolute atomic E-state index is 0.160. The van der Waals surface area contributed by atoms with Crippen molar-refractivity contribution in [2.75, 3.05) is 7.11 Å². The van der Waals surface area contributed by atoms with Crippen molar-refractivity contribution in [3.05, 3.63) is 67.6 Å². The third kappa shape index (κ3) is 4.09. The van der Waals surface area contributed by atoms with E-state index in [4.69, 9.17) is 21.3 Å². The van der Waals surface area contributed by atoms with Crippen LogP contribution in [-0.2, 0) is 0 Å². The first-order chi connectivity index (χ1) is 14.1. The van der Waals surface area contributed by atoms with Crippen molar-refractivity contribution in [2.45, 2.75) is 38.0 Å². The summed E-state index contributed by atoms with van der Waals surface area (Å²) in [5.74, 6) is 1.56. The van der Waals surface area contributed by atoms with E-state index in [1.807, 2.05) is 18.2 Å². The van der Waals surface area contributed by atoms with Gasteiger partial charge in [0.15, 0.2) is 0 Å². The Morgan fingerprint density at radius 1 is 1.24 bits per heavy atom. The van der Waals surface area contributed by atoms with Crippen LogP contribution >= 0.6 is 27.5 Å². The summed E-state index contributed by atoms with van der Waals surface area (Å²) in [5, 5.41) is 5.66. The number of halogens is 2. The zero-order chi connectivity index (χ0) is 20.4. The molecule has 7 heteroatoms. The Hall–Kier alpha value is -2.18. The molecule has 3 aromatic rings. The molecule has 0 aliphatic heterocycles. The SMILES string of the molecule is COc1c(Br)cc(Cl)cc1C=Nn1c(C2CCCCC2)nc2ccccc2c1=O. The fraction of sp³-hybridized carbons (Fsp3) is 0.318. The quantitative estimate of drug-likeness (QED) is 0.452. The molecule has 1 aliphatic carbocycles. The van der Waals surface area contributed by atoms with Crippen LogP contribution in [0.5, 0.6) is 5.75 Å². The number of methoxy groups -OCH3 is 1. The van der Waals surface area contributed by atoms with Crippen molar-refractivity contribution < 1.29 is 4.74 Å². The third-order valence-electron chi connectivity index (χ3n) is 5.30. The molecule has 0 bridgehead atoms. The predicted octanol–water partition coefficient (Wildman–Crippen LogP) is 5.75. The highest BCUT2D eigenvalue weighted by atomic mass is 79.9. The maximum atomic E-state index is 13.2. The van der Waals surface area contributed by atoms with Gasteiger partial charge in [-0.15, -0.1) is 0 Å². The van der Waals surface area contributed by atoms with Crippen molar-refractivity contribution >= 4 is 44.6 Å². The maximum Gasteiger partial charge on any atom is 0.282 e. The number of para-hydroxylation sites is 1. The topological polar surface area (TPSA) is 56.5 Å². The highest BCUT2D eigenvalue weighted by Crippen LogP contribution is 2.33. The molecule has 0 N–H and O–H groups in total. The van der Waals surface area contributed by atoms with E-state index < -0.39 is 0 Å². The molecule has 0 spiro atoms. The summed E-state index contributed by atoms with van der Waals surface area (Å²) < 4.78 is 7.65. The van der Waals surface area contributed by atoms with Crippen molar-refractivity contribution in [1.82, 2.24) is 9.66 Å². The molecule has 1 saturated carbocycles. The molecule has 0 radical (unpaired) electrons. The number of fused-ring (bicyclic) bond motifs is 1. The number of ether oxygens (including phenoxy) is 1. The molecule has 0 saturated heterocycles. The van der Waals surface area contributed by atoms with Gasteiger partial charge in [0.05, 0.1) is 28.7 Å². The molecular weight excluding hydrogens is 454 g/mol. The standard InChI is InChI=1S/C22H21BrClN3O2/c1-29-20-15(11-16(24)12-18(20)23)13-25-27-21(14-7-3-2-4-8-14)26-19-10-6-5-9-17(19)22(27)28/h5-6,9-14H,2-4,7-8H2,1H3. The van der Waals surface area contributed by atoms with E-state index in [-0.39, 0.29) is 11.5 Å². The Morgan fingerprint density at radius 2 is 2.00 bits per heavy atom.